The Labute approximate surface area is 189 Å². The SMILES string of the molecule is COc1ccc(S(=O)(=O)N[C@@H](C)C(=O)OCc2cc(=O)oc3cc(NC(C)=O)ccc23)cc1. The molecule has 1 atom stereocenters. The average Bonchev–Trinajstić information content (AvgIpc) is 2.76. The molecule has 0 unspecified atom stereocenters. The van der Waals surface area contributed by atoms with Crippen molar-refractivity contribution in [3.05, 3.63) is 64.5 Å². The van der Waals surface area contributed by atoms with Crippen LogP contribution in [0.5, 0.6) is 5.75 Å². The Balaban J connectivity index is 1.71. The molecular formula is C22H22N2O8S. The number of sulfonamides is 1. The van der Waals surface area contributed by atoms with E-state index in [0.29, 0.717) is 22.4 Å². The zero-order valence-electron chi connectivity index (χ0n) is 18.1. The van der Waals surface area contributed by atoms with Crippen molar-refractivity contribution in [3.63, 3.8) is 0 Å². The molecule has 0 saturated heterocycles. The molecule has 2 N–H and O–H groups in total. The van der Waals surface area contributed by atoms with Gasteiger partial charge in [-0.15, -0.1) is 0 Å². The Bertz CT molecular complexity index is 1350. The van der Waals surface area contributed by atoms with Crippen LogP contribution in [0.4, 0.5) is 5.69 Å². The van der Waals surface area contributed by atoms with Gasteiger partial charge in [-0.25, -0.2) is 13.2 Å². The van der Waals surface area contributed by atoms with Gasteiger partial charge in [-0.05, 0) is 43.3 Å². The Morgan fingerprint density at radius 1 is 1.09 bits per heavy atom. The fraction of sp³-hybridized carbons (Fsp3) is 0.227. The monoisotopic (exact) mass is 474 g/mol. The maximum Gasteiger partial charge on any atom is 0.336 e. The molecule has 3 aromatic rings. The number of hydrogen-bond acceptors (Lipinski definition) is 8. The Morgan fingerprint density at radius 3 is 2.42 bits per heavy atom. The highest BCUT2D eigenvalue weighted by atomic mass is 32.2. The fourth-order valence-electron chi connectivity index (χ4n) is 3.01. The lowest BCUT2D eigenvalue weighted by molar-refractivity contribution is -0.146. The first kappa shape index (κ1) is 24.0. The summed E-state index contributed by atoms with van der Waals surface area (Å²) in [6, 6.07) is 10.4. The van der Waals surface area contributed by atoms with Gasteiger partial charge < -0.3 is 19.2 Å². The van der Waals surface area contributed by atoms with E-state index in [9.17, 15) is 22.8 Å². The third kappa shape index (κ3) is 5.96. The van der Waals surface area contributed by atoms with Crippen LogP contribution in [0.3, 0.4) is 0 Å². The summed E-state index contributed by atoms with van der Waals surface area (Å²) in [5.74, 6) is -0.624. The van der Waals surface area contributed by atoms with Crippen molar-refractivity contribution in [2.45, 2.75) is 31.4 Å². The second-order valence-electron chi connectivity index (χ2n) is 7.11. The van der Waals surface area contributed by atoms with Crippen molar-refractivity contribution in [1.82, 2.24) is 4.72 Å². The maximum atomic E-state index is 12.5. The topological polar surface area (TPSA) is 141 Å². The summed E-state index contributed by atoms with van der Waals surface area (Å²) in [6.07, 6.45) is 0. The number of hydrogen-bond donors (Lipinski definition) is 2. The molecule has 11 heteroatoms. The molecule has 10 nitrogen and oxygen atoms in total. The minimum atomic E-state index is -3.97. The second kappa shape index (κ2) is 9.84. The van der Waals surface area contributed by atoms with Crippen molar-refractivity contribution in [1.29, 1.82) is 0 Å². The van der Waals surface area contributed by atoms with Gasteiger partial charge in [-0.3, -0.25) is 9.59 Å². The number of anilines is 1. The third-order valence-corrected chi connectivity index (χ3v) is 6.13. The number of rotatable bonds is 8. The lowest BCUT2D eigenvalue weighted by atomic mass is 10.1. The number of carbonyl (C=O) groups is 2. The number of amides is 1. The fourth-order valence-corrected chi connectivity index (χ4v) is 4.20. The van der Waals surface area contributed by atoms with Crippen LogP contribution in [0.15, 0.2) is 62.6 Å². The lowest BCUT2D eigenvalue weighted by Crippen LogP contribution is -2.39. The summed E-state index contributed by atoms with van der Waals surface area (Å²) >= 11 is 0. The van der Waals surface area contributed by atoms with Crippen LogP contribution in [0.25, 0.3) is 11.0 Å². The van der Waals surface area contributed by atoms with Gasteiger partial charge in [0.15, 0.2) is 0 Å². The highest BCUT2D eigenvalue weighted by molar-refractivity contribution is 7.89. The summed E-state index contributed by atoms with van der Waals surface area (Å²) in [7, 11) is -2.51. The Morgan fingerprint density at radius 2 is 1.79 bits per heavy atom. The molecule has 1 amide bonds. The van der Waals surface area contributed by atoms with Gasteiger partial charge in [0.2, 0.25) is 15.9 Å². The van der Waals surface area contributed by atoms with E-state index < -0.39 is 27.7 Å². The van der Waals surface area contributed by atoms with Gasteiger partial charge >= 0.3 is 11.6 Å². The minimum Gasteiger partial charge on any atom is -0.497 e. The number of benzene rings is 2. The number of nitrogens with one attached hydrogen (secondary N) is 2. The second-order valence-corrected chi connectivity index (χ2v) is 8.82. The van der Waals surface area contributed by atoms with Crippen molar-refractivity contribution in [2.75, 3.05) is 12.4 Å². The van der Waals surface area contributed by atoms with Gasteiger partial charge in [0, 0.05) is 35.7 Å². The molecule has 174 valence electrons. The minimum absolute atomic E-state index is 0.0374. The highest BCUT2D eigenvalue weighted by Gasteiger charge is 2.23. The van der Waals surface area contributed by atoms with E-state index in [0.717, 1.165) is 0 Å². The van der Waals surface area contributed by atoms with Gasteiger partial charge in [-0.1, -0.05) is 0 Å². The molecule has 0 aliphatic carbocycles. The Kier molecular flexibility index (Phi) is 7.14. The van der Waals surface area contributed by atoms with Gasteiger partial charge in [-0.2, -0.15) is 4.72 Å². The molecular weight excluding hydrogens is 452 g/mol. The van der Waals surface area contributed by atoms with Crippen LogP contribution < -0.4 is 20.4 Å². The summed E-state index contributed by atoms with van der Waals surface area (Å²) in [5.41, 5.74) is 0.345. The standard InChI is InChI=1S/C22H22N2O8S/c1-13(24-33(28,29)18-7-5-17(30-3)6-8-18)22(27)31-12-15-10-21(26)32-20-11-16(23-14(2)25)4-9-19(15)20/h4-11,13,24H,12H2,1-3H3,(H,23,25)/t13-/m0/s1. The van der Waals surface area contributed by atoms with Gasteiger partial charge in [0.05, 0.1) is 12.0 Å². The van der Waals surface area contributed by atoms with Crippen LogP contribution in [0, 0.1) is 0 Å². The van der Waals surface area contributed by atoms with Crippen LogP contribution in [0.1, 0.15) is 19.4 Å². The van der Waals surface area contributed by atoms with Crippen molar-refractivity contribution in [3.8, 4) is 5.75 Å². The van der Waals surface area contributed by atoms with Crippen LogP contribution in [-0.4, -0.2) is 33.4 Å². The quantitative estimate of drug-likeness (QED) is 0.374. The number of methoxy groups -OCH3 is 1. The number of carbonyl (C=O) groups excluding carboxylic acids is 2. The van der Waals surface area contributed by atoms with E-state index >= 15 is 0 Å². The predicted molar refractivity (Wildman–Crippen MR) is 119 cm³/mol. The van der Waals surface area contributed by atoms with Crippen LogP contribution in [0.2, 0.25) is 0 Å². The van der Waals surface area contributed by atoms with E-state index in [1.165, 1.54) is 57.4 Å². The van der Waals surface area contributed by atoms with E-state index in [1.54, 1.807) is 12.1 Å². The zero-order valence-corrected chi connectivity index (χ0v) is 18.9. The maximum absolute atomic E-state index is 12.5. The molecule has 1 aromatic heterocycles. The van der Waals surface area contributed by atoms with E-state index in [-0.39, 0.29) is 23.0 Å². The molecule has 33 heavy (non-hydrogen) atoms. The predicted octanol–water partition coefficient (Wildman–Crippen LogP) is 2.17. The van der Waals surface area contributed by atoms with E-state index in [2.05, 4.69) is 10.0 Å². The molecule has 0 radical (unpaired) electrons. The first-order chi connectivity index (χ1) is 15.6. The first-order valence-electron chi connectivity index (χ1n) is 9.76. The summed E-state index contributed by atoms with van der Waals surface area (Å²) in [4.78, 5) is 35.5. The van der Waals surface area contributed by atoms with Crippen molar-refractivity contribution >= 4 is 38.6 Å². The Hall–Kier alpha value is -3.70. The largest absolute Gasteiger partial charge is 0.497 e. The van der Waals surface area contributed by atoms with Gasteiger partial charge in [0.25, 0.3) is 0 Å². The molecule has 0 fully saturated rings. The third-order valence-electron chi connectivity index (χ3n) is 4.58. The smallest absolute Gasteiger partial charge is 0.336 e. The number of esters is 1. The first-order valence-corrected chi connectivity index (χ1v) is 11.2. The van der Waals surface area contributed by atoms with Crippen molar-refractivity contribution < 1.29 is 31.9 Å². The zero-order chi connectivity index (χ0) is 24.2. The highest BCUT2D eigenvalue weighted by Crippen LogP contribution is 2.22. The molecule has 0 spiro atoms. The van der Waals surface area contributed by atoms with Gasteiger partial charge in [0.1, 0.15) is 24.0 Å². The summed E-state index contributed by atoms with van der Waals surface area (Å²) in [5, 5.41) is 3.09. The van der Waals surface area contributed by atoms with E-state index in [1.807, 2.05) is 0 Å². The summed E-state index contributed by atoms with van der Waals surface area (Å²) < 4.78 is 42.7. The molecule has 0 saturated carbocycles. The molecule has 2 aromatic carbocycles. The average molecular weight is 474 g/mol. The molecule has 0 aliphatic heterocycles. The molecule has 3 rings (SSSR count). The van der Waals surface area contributed by atoms with E-state index in [4.69, 9.17) is 13.9 Å². The normalized spacial score (nSPS) is 12.2. The van der Waals surface area contributed by atoms with Crippen molar-refractivity contribution in [2.24, 2.45) is 0 Å². The molecule has 0 bridgehead atoms. The van der Waals surface area contributed by atoms with Crippen LogP contribution in [-0.2, 0) is 31.0 Å². The van der Waals surface area contributed by atoms with Crippen LogP contribution >= 0.6 is 0 Å². The molecule has 0 aliphatic rings. The summed E-state index contributed by atoms with van der Waals surface area (Å²) in [6.45, 7) is 2.41. The number of ether oxygens (including phenoxy) is 2. The lowest BCUT2D eigenvalue weighted by Gasteiger charge is -2.14. The molecule has 1 heterocycles. The number of fused-ring (bicyclic) bond motifs is 1.